The smallest absolute Gasteiger partial charge is 0.506 e. The highest BCUT2D eigenvalue weighted by Crippen LogP contribution is 2.29. The Kier molecular flexibility index (Phi) is 9.10. The van der Waals surface area contributed by atoms with Gasteiger partial charge in [0.15, 0.2) is 0 Å². The molecule has 5 N–H and O–H groups in total. The zero-order chi connectivity index (χ0) is 28.0. The number of carbonyl (C=O) groups is 1. The van der Waals surface area contributed by atoms with Crippen LogP contribution >= 0.6 is 0 Å². The van der Waals surface area contributed by atoms with Crippen molar-refractivity contribution in [2.24, 2.45) is 0 Å². The predicted molar refractivity (Wildman–Crippen MR) is 138 cm³/mol. The summed E-state index contributed by atoms with van der Waals surface area (Å²) in [7, 11) is 0. The van der Waals surface area contributed by atoms with Crippen molar-refractivity contribution in [3.63, 3.8) is 0 Å². The summed E-state index contributed by atoms with van der Waals surface area (Å²) in [6.07, 6.45) is -3.79. The van der Waals surface area contributed by atoms with E-state index < -0.39 is 12.5 Å². The third-order valence-corrected chi connectivity index (χ3v) is 6.78. The second-order valence-corrected chi connectivity index (χ2v) is 9.51. The zero-order valence-corrected chi connectivity index (χ0v) is 21.1. The molecule has 1 aromatic heterocycles. The number of halogens is 3. The molecule has 210 valence electrons. The van der Waals surface area contributed by atoms with Crippen LogP contribution in [0.25, 0.3) is 10.9 Å². The first-order valence-electron chi connectivity index (χ1n) is 12.7. The minimum atomic E-state index is -4.80. The molecule has 0 unspecified atom stereocenters. The quantitative estimate of drug-likeness (QED) is 0.264. The lowest BCUT2D eigenvalue weighted by molar-refractivity contribution is -0.274. The van der Waals surface area contributed by atoms with Crippen LogP contribution in [-0.4, -0.2) is 64.6 Å². The van der Waals surface area contributed by atoms with E-state index in [0.717, 1.165) is 25.9 Å². The average molecular weight is 549 g/mol. The molecule has 4 rings (SSSR count). The number of pyridine rings is 1. The number of alkyl halides is 3. The van der Waals surface area contributed by atoms with Gasteiger partial charge < -0.3 is 35.5 Å². The Hall–Kier alpha value is -3.61. The number of aromatic amines is 1. The number of aromatic nitrogens is 1. The number of aliphatic hydroxyl groups excluding tert-OH is 1. The van der Waals surface area contributed by atoms with Crippen LogP contribution in [0.2, 0.25) is 0 Å². The standard InChI is InChI=1S/C27H31F3N4O5/c28-27(29,30)39-23-4-2-1-3-17(23)15-32-24(37)11-14-34-12-9-18(10-13-34)31-16-22(36)19-5-7-21(35)26-20(19)6-8-25(38)33-26/h1-8,18,22,31,35-36H,9-16H2,(H,32,37)(H,33,38)/t22-/m1/s1. The third kappa shape index (κ3) is 7.94. The summed E-state index contributed by atoms with van der Waals surface area (Å²) in [4.78, 5) is 28.6. The number of phenolic OH excluding ortho intramolecular Hbond substituents is 1. The molecule has 9 nitrogen and oxygen atoms in total. The second-order valence-electron chi connectivity index (χ2n) is 9.51. The van der Waals surface area contributed by atoms with Gasteiger partial charge in [-0.3, -0.25) is 9.59 Å². The van der Waals surface area contributed by atoms with Crippen LogP contribution in [0.15, 0.2) is 53.3 Å². The van der Waals surface area contributed by atoms with Crippen molar-refractivity contribution < 1.29 is 32.9 Å². The van der Waals surface area contributed by atoms with Crippen molar-refractivity contribution in [3.05, 3.63) is 70.0 Å². The molecule has 2 heterocycles. The summed E-state index contributed by atoms with van der Waals surface area (Å²) < 4.78 is 41.7. The first-order valence-corrected chi connectivity index (χ1v) is 12.7. The Morgan fingerprint density at radius 3 is 2.62 bits per heavy atom. The van der Waals surface area contributed by atoms with E-state index in [1.165, 1.54) is 30.3 Å². The van der Waals surface area contributed by atoms with Crippen molar-refractivity contribution in [2.45, 2.75) is 44.3 Å². The van der Waals surface area contributed by atoms with E-state index >= 15 is 0 Å². The van der Waals surface area contributed by atoms with E-state index in [1.807, 2.05) is 0 Å². The Morgan fingerprint density at radius 2 is 1.87 bits per heavy atom. The van der Waals surface area contributed by atoms with Crippen molar-refractivity contribution in [3.8, 4) is 11.5 Å². The van der Waals surface area contributed by atoms with Gasteiger partial charge in [0.2, 0.25) is 11.5 Å². The van der Waals surface area contributed by atoms with Gasteiger partial charge in [-0.05, 0) is 49.7 Å². The number of para-hydroxylation sites is 1. The lowest BCUT2D eigenvalue weighted by atomic mass is 10.0. The van der Waals surface area contributed by atoms with Crippen LogP contribution in [0.1, 0.15) is 36.5 Å². The molecule has 1 amide bonds. The van der Waals surface area contributed by atoms with Crippen molar-refractivity contribution in [1.82, 2.24) is 20.5 Å². The van der Waals surface area contributed by atoms with Gasteiger partial charge in [-0.2, -0.15) is 0 Å². The predicted octanol–water partition coefficient (Wildman–Crippen LogP) is 2.93. The summed E-state index contributed by atoms with van der Waals surface area (Å²) in [5, 5.41) is 27.4. The maximum atomic E-state index is 12.6. The van der Waals surface area contributed by atoms with E-state index in [0.29, 0.717) is 24.0 Å². The van der Waals surface area contributed by atoms with Gasteiger partial charge in [-0.1, -0.05) is 24.3 Å². The molecule has 0 bridgehead atoms. The molecule has 39 heavy (non-hydrogen) atoms. The lowest BCUT2D eigenvalue weighted by Gasteiger charge is -2.32. The van der Waals surface area contributed by atoms with E-state index in [1.54, 1.807) is 18.2 Å². The zero-order valence-electron chi connectivity index (χ0n) is 21.1. The van der Waals surface area contributed by atoms with Crippen molar-refractivity contribution >= 4 is 16.8 Å². The highest BCUT2D eigenvalue weighted by atomic mass is 19.4. The van der Waals surface area contributed by atoms with Crippen LogP contribution in [-0.2, 0) is 11.3 Å². The number of nitrogens with one attached hydrogen (secondary N) is 3. The number of aliphatic hydroxyl groups is 1. The first kappa shape index (κ1) is 28.4. The Morgan fingerprint density at radius 1 is 1.13 bits per heavy atom. The first-order chi connectivity index (χ1) is 18.6. The van der Waals surface area contributed by atoms with Crippen LogP contribution < -0.4 is 20.9 Å². The lowest BCUT2D eigenvalue weighted by Crippen LogP contribution is -2.44. The fourth-order valence-corrected chi connectivity index (χ4v) is 4.71. The van der Waals surface area contributed by atoms with E-state index in [9.17, 15) is 33.0 Å². The third-order valence-electron chi connectivity index (χ3n) is 6.78. The van der Waals surface area contributed by atoms with Crippen LogP contribution in [0.4, 0.5) is 13.2 Å². The molecule has 0 aliphatic carbocycles. The Bertz CT molecular complexity index is 1340. The Labute approximate surface area is 222 Å². The molecule has 0 saturated carbocycles. The molecule has 1 atom stereocenters. The molecule has 1 aliphatic heterocycles. The number of amides is 1. The number of likely N-dealkylation sites (tertiary alicyclic amines) is 1. The average Bonchev–Trinajstić information content (AvgIpc) is 2.90. The monoisotopic (exact) mass is 548 g/mol. The van der Waals surface area contributed by atoms with E-state index in [2.05, 4.69) is 25.3 Å². The second kappa shape index (κ2) is 12.5. The fraction of sp³-hybridized carbons (Fsp3) is 0.407. The van der Waals surface area contributed by atoms with Gasteiger partial charge in [-0.15, -0.1) is 13.2 Å². The number of H-pyrrole nitrogens is 1. The molecule has 0 spiro atoms. The number of hydrogen-bond donors (Lipinski definition) is 5. The highest BCUT2D eigenvalue weighted by Gasteiger charge is 2.32. The fourth-order valence-electron chi connectivity index (χ4n) is 4.71. The van der Waals surface area contributed by atoms with Gasteiger partial charge >= 0.3 is 6.36 Å². The summed E-state index contributed by atoms with van der Waals surface area (Å²) in [6, 6.07) is 11.9. The number of phenols is 1. The Balaban J connectivity index is 1.18. The number of ether oxygens (including phenoxy) is 1. The summed E-state index contributed by atoms with van der Waals surface area (Å²) >= 11 is 0. The molecule has 3 aromatic rings. The molecular formula is C27H31F3N4O5. The molecule has 1 fully saturated rings. The van der Waals surface area contributed by atoms with Gasteiger partial charge in [0.05, 0.1) is 11.6 Å². The van der Waals surface area contributed by atoms with Gasteiger partial charge in [0.1, 0.15) is 11.5 Å². The van der Waals surface area contributed by atoms with Crippen LogP contribution in [0.5, 0.6) is 11.5 Å². The maximum absolute atomic E-state index is 12.6. The summed E-state index contributed by atoms with van der Waals surface area (Å²) in [6.45, 7) is 2.27. The molecule has 2 aromatic carbocycles. The molecule has 1 saturated heterocycles. The summed E-state index contributed by atoms with van der Waals surface area (Å²) in [5.74, 6) is -0.658. The minimum absolute atomic E-state index is 0.0621. The number of rotatable bonds is 10. The van der Waals surface area contributed by atoms with Crippen LogP contribution in [0, 0.1) is 0 Å². The number of fused-ring (bicyclic) bond motifs is 1. The molecule has 1 aliphatic rings. The van der Waals surface area contributed by atoms with E-state index in [4.69, 9.17) is 0 Å². The van der Waals surface area contributed by atoms with Crippen molar-refractivity contribution in [2.75, 3.05) is 26.2 Å². The SMILES string of the molecule is O=C(CCN1CCC(NC[C@@H](O)c2ccc(O)c3[nH]c(=O)ccc23)CC1)NCc1ccccc1OC(F)(F)F. The van der Waals surface area contributed by atoms with Gasteiger partial charge in [-0.25, -0.2) is 0 Å². The number of hydrogen-bond acceptors (Lipinski definition) is 7. The topological polar surface area (TPSA) is 127 Å². The minimum Gasteiger partial charge on any atom is -0.506 e. The molecule has 12 heteroatoms. The molecular weight excluding hydrogens is 517 g/mol. The number of benzene rings is 2. The maximum Gasteiger partial charge on any atom is 0.573 e. The van der Waals surface area contributed by atoms with E-state index in [-0.39, 0.29) is 53.1 Å². The molecule has 0 radical (unpaired) electrons. The highest BCUT2D eigenvalue weighted by molar-refractivity contribution is 5.87. The van der Waals surface area contributed by atoms with Gasteiger partial charge in [0, 0.05) is 49.1 Å². The normalized spacial score (nSPS) is 15.8. The number of nitrogens with zero attached hydrogens (tertiary/aromatic N) is 1. The number of piperidine rings is 1. The summed E-state index contributed by atoms with van der Waals surface area (Å²) in [5.41, 5.74) is 0.788. The van der Waals surface area contributed by atoms with Gasteiger partial charge in [0.25, 0.3) is 0 Å². The van der Waals surface area contributed by atoms with Crippen LogP contribution in [0.3, 0.4) is 0 Å². The largest absolute Gasteiger partial charge is 0.573 e. The number of aromatic hydroxyl groups is 1. The number of carbonyl (C=O) groups excluding carboxylic acids is 1. The van der Waals surface area contributed by atoms with Crippen molar-refractivity contribution in [1.29, 1.82) is 0 Å².